The molecule has 1 fully saturated rings. The lowest BCUT2D eigenvalue weighted by Crippen LogP contribution is -2.23. The summed E-state index contributed by atoms with van der Waals surface area (Å²) in [4.78, 5) is 0. The van der Waals surface area contributed by atoms with E-state index in [1.807, 2.05) is 41.3 Å². The Morgan fingerprint density at radius 2 is 2.00 bits per heavy atom. The van der Waals surface area contributed by atoms with Crippen LogP contribution in [0.4, 0.5) is 0 Å². The molecule has 1 heterocycles. The molecule has 0 bridgehead atoms. The van der Waals surface area contributed by atoms with E-state index in [9.17, 15) is 5.11 Å². The van der Waals surface area contributed by atoms with E-state index < -0.39 is 0 Å². The topological polar surface area (TPSA) is 38.0 Å². The van der Waals surface area contributed by atoms with E-state index in [0.29, 0.717) is 0 Å². The van der Waals surface area contributed by atoms with Crippen molar-refractivity contribution in [2.24, 2.45) is 0 Å². The van der Waals surface area contributed by atoms with Gasteiger partial charge in [-0.3, -0.25) is 4.68 Å². The first-order valence-corrected chi connectivity index (χ1v) is 7.60. The number of benzene rings is 1. The van der Waals surface area contributed by atoms with Crippen LogP contribution >= 0.6 is 11.6 Å². The van der Waals surface area contributed by atoms with Crippen LogP contribution in [0.5, 0.6) is 0 Å². The molecule has 1 aromatic heterocycles. The zero-order chi connectivity index (χ0) is 13.9. The minimum atomic E-state index is -0.287. The van der Waals surface area contributed by atoms with Gasteiger partial charge in [-0.25, -0.2) is 0 Å². The Morgan fingerprint density at radius 3 is 2.85 bits per heavy atom. The first-order valence-electron chi connectivity index (χ1n) is 7.22. The summed E-state index contributed by atoms with van der Waals surface area (Å²) in [5.41, 5.74) is 2.11. The average molecular weight is 291 g/mol. The van der Waals surface area contributed by atoms with E-state index in [-0.39, 0.29) is 12.1 Å². The van der Waals surface area contributed by atoms with Gasteiger partial charge in [-0.15, -0.1) is 0 Å². The van der Waals surface area contributed by atoms with Gasteiger partial charge in [-0.05, 0) is 30.5 Å². The van der Waals surface area contributed by atoms with Gasteiger partial charge in [0.1, 0.15) is 0 Å². The molecule has 20 heavy (non-hydrogen) atoms. The molecule has 2 aromatic rings. The molecular weight excluding hydrogens is 272 g/mol. The molecule has 0 aliphatic heterocycles. The van der Waals surface area contributed by atoms with Crippen molar-refractivity contribution in [2.45, 2.75) is 44.2 Å². The van der Waals surface area contributed by atoms with Crippen LogP contribution in [0.1, 0.15) is 38.1 Å². The second kappa shape index (κ2) is 5.98. The molecule has 1 aliphatic carbocycles. The highest BCUT2D eigenvalue weighted by Crippen LogP contribution is 2.29. The molecule has 0 spiro atoms. The molecule has 1 saturated carbocycles. The van der Waals surface area contributed by atoms with Crippen LogP contribution in [0.25, 0.3) is 11.1 Å². The zero-order valence-electron chi connectivity index (χ0n) is 11.4. The van der Waals surface area contributed by atoms with Crippen molar-refractivity contribution < 1.29 is 5.11 Å². The van der Waals surface area contributed by atoms with Crippen LogP contribution < -0.4 is 0 Å². The number of rotatable bonds is 2. The summed E-state index contributed by atoms with van der Waals surface area (Å²) in [6.45, 7) is 0. The molecular formula is C16H19ClN2O. The molecule has 106 valence electrons. The number of aliphatic hydroxyl groups is 1. The summed E-state index contributed by atoms with van der Waals surface area (Å²) in [6, 6.07) is 7.87. The average Bonchev–Trinajstić information content (AvgIpc) is 2.82. The van der Waals surface area contributed by atoms with Crippen molar-refractivity contribution in [3.05, 3.63) is 41.7 Å². The van der Waals surface area contributed by atoms with Crippen LogP contribution in [-0.2, 0) is 0 Å². The molecule has 2 unspecified atom stereocenters. The summed E-state index contributed by atoms with van der Waals surface area (Å²) < 4.78 is 1.92. The quantitative estimate of drug-likeness (QED) is 0.847. The number of halogens is 1. The van der Waals surface area contributed by atoms with Crippen molar-refractivity contribution in [3.8, 4) is 11.1 Å². The summed E-state index contributed by atoms with van der Waals surface area (Å²) in [6.07, 6.45) is 8.93. The Bertz CT molecular complexity index is 581. The van der Waals surface area contributed by atoms with Gasteiger partial charge in [-0.2, -0.15) is 5.10 Å². The molecule has 0 amide bonds. The van der Waals surface area contributed by atoms with Crippen molar-refractivity contribution in [3.63, 3.8) is 0 Å². The van der Waals surface area contributed by atoms with Gasteiger partial charge in [0, 0.05) is 16.8 Å². The van der Waals surface area contributed by atoms with Crippen LogP contribution in [-0.4, -0.2) is 21.0 Å². The van der Waals surface area contributed by atoms with Gasteiger partial charge >= 0.3 is 0 Å². The Morgan fingerprint density at radius 1 is 1.15 bits per heavy atom. The van der Waals surface area contributed by atoms with Gasteiger partial charge < -0.3 is 5.11 Å². The summed E-state index contributed by atoms with van der Waals surface area (Å²) >= 11 is 6.03. The Hall–Kier alpha value is -1.32. The van der Waals surface area contributed by atoms with Gasteiger partial charge in [0.15, 0.2) is 0 Å². The maximum absolute atomic E-state index is 10.2. The summed E-state index contributed by atoms with van der Waals surface area (Å²) in [5, 5.41) is 15.4. The smallest absolute Gasteiger partial charge is 0.0778 e. The zero-order valence-corrected chi connectivity index (χ0v) is 12.1. The minimum Gasteiger partial charge on any atom is -0.391 e. The molecule has 2 atom stereocenters. The maximum atomic E-state index is 10.2. The van der Waals surface area contributed by atoms with E-state index >= 15 is 0 Å². The molecule has 0 saturated heterocycles. The first-order chi connectivity index (χ1) is 9.74. The number of aliphatic hydroxyl groups excluding tert-OH is 1. The van der Waals surface area contributed by atoms with Crippen LogP contribution in [0, 0.1) is 0 Å². The Labute approximate surface area is 124 Å². The Kier molecular flexibility index (Phi) is 4.08. The summed E-state index contributed by atoms with van der Waals surface area (Å²) in [5.74, 6) is 0. The van der Waals surface area contributed by atoms with Crippen LogP contribution in [0.15, 0.2) is 36.7 Å². The lowest BCUT2D eigenvalue weighted by molar-refractivity contribution is 0.0991. The highest BCUT2D eigenvalue weighted by Gasteiger charge is 2.23. The van der Waals surface area contributed by atoms with Crippen LogP contribution in [0.2, 0.25) is 5.02 Å². The van der Waals surface area contributed by atoms with Gasteiger partial charge in [-0.1, -0.05) is 43.0 Å². The molecule has 1 aromatic carbocycles. The second-order valence-corrected chi connectivity index (χ2v) is 5.93. The normalized spacial score (nSPS) is 23.5. The highest BCUT2D eigenvalue weighted by atomic mass is 35.5. The lowest BCUT2D eigenvalue weighted by Gasteiger charge is -2.20. The second-order valence-electron chi connectivity index (χ2n) is 5.49. The highest BCUT2D eigenvalue weighted by molar-refractivity contribution is 6.30. The van der Waals surface area contributed by atoms with Gasteiger partial charge in [0.25, 0.3) is 0 Å². The van der Waals surface area contributed by atoms with Crippen LogP contribution in [0.3, 0.4) is 0 Å². The largest absolute Gasteiger partial charge is 0.391 e. The number of nitrogens with zero attached hydrogens (tertiary/aromatic N) is 2. The SMILES string of the molecule is OC1CCCCCC1n1cc(-c2cccc(Cl)c2)cn1. The van der Waals surface area contributed by atoms with Gasteiger partial charge in [0.05, 0.1) is 18.3 Å². The van der Waals surface area contributed by atoms with E-state index in [2.05, 4.69) is 5.10 Å². The predicted molar refractivity (Wildman–Crippen MR) is 80.8 cm³/mol. The number of hydrogen-bond acceptors (Lipinski definition) is 2. The standard InChI is InChI=1S/C16H19ClN2O/c17-14-6-4-5-12(9-14)13-10-18-19(11-13)15-7-2-1-3-8-16(15)20/h4-6,9-11,15-16,20H,1-3,7-8H2. The van der Waals surface area contributed by atoms with E-state index in [0.717, 1.165) is 41.8 Å². The fraction of sp³-hybridized carbons (Fsp3) is 0.438. The molecule has 1 aliphatic rings. The van der Waals surface area contributed by atoms with Crippen molar-refractivity contribution >= 4 is 11.6 Å². The fourth-order valence-corrected chi connectivity index (χ4v) is 3.10. The lowest BCUT2D eigenvalue weighted by atomic mass is 10.1. The van der Waals surface area contributed by atoms with Crippen molar-refractivity contribution in [2.75, 3.05) is 0 Å². The monoisotopic (exact) mass is 290 g/mol. The number of aromatic nitrogens is 2. The number of hydrogen-bond donors (Lipinski definition) is 1. The molecule has 1 N–H and O–H groups in total. The molecule has 3 rings (SSSR count). The molecule has 0 radical (unpaired) electrons. The molecule has 4 heteroatoms. The fourth-order valence-electron chi connectivity index (χ4n) is 2.91. The Balaban J connectivity index is 1.86. The van der Waals surface area contributed by atoms with Crippen molar-refractivity contribution in [1.82, 2.24) is 9.78 Å². The minimum absolute atomic E-state index is 0.102. The van der Waals surface area contributed by atoms with E-state index in [1.165, 1.54) is 6.42 Å². The third kappa shape index (κ3) is 2.89. The van der Waals surface area contributed by atoms with E-state index in [1.54, 1.807) is 0 Å². The predicted octanol–water partition coefficient (Wildman–Crippen LogP) is 4.07. The van der Waals surface area contributed by atoms with Crippen molar-refractivity contribution in [1.29, 1.82) is 0 Å². The maximum Gasteiger partial charge on any atom is 0.0778 e. The first kappa shape index (κ1) is 13.7. The third-order valence-electron chi connectivity index (χ3n) is 4.04. The third-order valence-corrected chi connectivity index (χ3v) is 4.28. The summed E-state index contributed by atoms with van der Waals surface area (Å²) in [7, 11) is 0. The molecule has 3 nitrogen and oxygen atoms in total. The van der Waals surface area contributed by atoms with E-state index in [4.69, 9.17) is 11.6 Å². The van der Waals surface area contributed by atoms with Gasteiger partial charge in [0.2, 0.25) is 0 Å².